The fourth-order valence-corrected chi connectivity index (χ4v) is 4.57. The van der Waals surface area contributed by atoms with E-state index in [1.807, 2.05) is 19.1 Å². The van der Waals surface area contributed by atoms with E-state index in [0.29, 0.717) is 12.0 Å². The van der Waals surface area contributed by atoms with Gasteiger partial charge in [-0.2, -0.15) is 0 Å². The van der Waals surface area contributed by atoms with Crippen LogP contribution in [0.15, 0.2) is 29.3 Å². The predicted molar refractivity (Wildman–Crippen MR) is 141 cm³/mol. The van der Waals surface area contributed by atoms with E-state index in [0.717, 1.165) is 44.8 Å². The molecule has 3 rings (SSSR count). The molecule has 0 bridgehead atoms. The number of nitrogens with one attached hydrogen (secondary N) is 3. The van der Waals surface area contributed by atoms with Gasteiger partial charge in [0.15, 0.2) is 5.96 Å². The Morgan fingerprint density at radius 3 is 2.59 bits per heavy atom. The van der Waals surface area contributed by atoms with Crippen molar-refractivity contribution >= 4 is 35.8 Å². The molecule has 1 aromatic carbocycles. The Morgan fingerprint density at radius 1 is 1.16 bits per heavy atom. The lowest BCUT2D eigenvalue weighted by molar-refractivity contribution is -0.120. The molecule has 0 aromatic heterocycles. The minimum absolute atomic E-state index is 0. The first-order valence-electron chi connectivity index (χ1n) is 11.9. The first-order valence-corrected chi connectivity index (χ1v) is 11.9. The Kier molecular flexibility index (Phi) is 12.2. The third-order valence-electron chi connectivity index (χ3n) is 6.22. The van der Waals surface area contributed by atoms with Gasteiger partial charge in [-0.15, -0.1) is 24.0 Å². The molecule has 1 unspecified atom stereocenters. The Hall–Kier alpha value is -1.55. The number of carbonyl (C=O) groups excluding carboxylic acids is 1. The summed E-state index contributed by atoms with van der Waals surface area (Å²) in [6.45, 7) is 5.87. The third kappa shape index (κ3) is 8.42. The van der Waals surface area contributed by atoms with Gasteiger partial charge >= 0.3 is 0 Å². The summed E-state index contributed by atoms with van der Waals surface area (Å²) in [5, 5.41) is 9.89. The van der Waals surface area contributed by atoms with Crippen LogP contribution in [-0.2, 0) is 4.79 Å². The predicted octanol–water partition coefficient (Wildman–Crippen LogP) is 3.45. The summed E-state index contributed by atoms with van der Waals surface area (Å²) in [6, 6.07) is 8.86. The number of amides is 1. The van der Waals surface area contributed by atoms with Crippen LogP contribution >= 0.6 is 24.0 Å². The number of benzene rings is 1. The molecule has 1 amide bonds. The summed E-state index contributed by atoms with van der Waals surface area (Å²) >= 11 is 0. The minimum atomic E-state index is 0. The van der Waals surface area contributed by atoms with Gasteiger partial charge in [-0.05, 0) is 63.4 Å². The van der Waals surface area contributed by atoms with Gasteiger partial charge in [0.05, 0.1) is 13.2 Å². The van der Waals surface area contributed by atoms with Crippen molar-refractivity contribution in [3.8, 4) is 5.75 Å². The zero-order valence-corrected chi connectivity index (χ0v) is 21.9. The second-order valence-corrected chi connectivity index (χ2v) is 8.51. The molecule has 1 aliphatic heterocycles. The third-order valence-corrected chi connectivity index (χ3v) is 6.22. The molecule has 1 heterocycles. The van der Waals surface area contributed by atoms with E-state index in [4.69, 9.17) is 4.74 Å². The maximum Gasteiger partial charge on any atom is 0.242 e. The second-order valence-electron chi connectivity index (χ2n) is 8.51. The van der Waals surface area contributed by atoms with Gasteiger partial charge in [0.25, 0.3) is 0 Å². The summed E-state index contributed by atoms with van der Waals surface area (Å²) in [6.07, 6.45) is 8.34. The number of carbonyl (C=O) groups is 1. The van der Waals surface area contributed by atoms with Crippen molar-refractivity contribution in [3.05, 3.63) is 29.8 Å². The van der Waals surface area contributed by atoms with Crippen LogP contribution in [0.2, 0.25) is 0 Å². The average Bonchev–Trinajstić information content (AvgIpc) is 3.33. The minimum Gasteiger partial charge on any atom is -0.497 e. The van der Waals surface area contributed by atoms with Crippen molar-refractivity contribution in [1.29, 1.82) is 0 Å². The molecule has 1 aromatic rings. The zero-order valence-electron chi connectivity index (χ0n) is 19.6. The van der Waals surface area contributed by atoms with Gasteiger partial charge in [0, 0.05) is 19.1 Å². The van der Waals surface area contributed by atoms with Crippen LogP contribution in [0, 0.1) is 0 Å². The van der Waals surface area contributed by atoms with E-state index in [1.54, 1.807) is 7.11 Å². The van der Waals surface area contributed by atoms with Gasteiger partial charge in [-0.3, -0.25) is 9.69 Å². The normalized spacial score (nSPS) is 18.5. The van der Waals surface area contributed by atoms with Crippen LogP contribution in [0.4, 0.5) is 0 Å². The van der Waals surface area contributed by atoms with Crippen LogP contribution in [0.5, 0.6) is 5.75 Å². The van der Waals surface area contributed by atoms with E-state index < -0.39 is 0 Å². The summed E-state index contributed by atoms with van der Waals surface area (Å²) in [4.78, 5) is 19.4. The molecule has 1 saturated carbocycles. The second kappa shape index (κ2) is 14.6. The van der Waals surface area contributed by atoms with Crippen molar-refractivity contribution < 1.29 is 9.53 Å². The molecule has 1 aliphatic carbocycles. The number of methoxy groups -OCH3 is 1. The van der Waals surface area contributed by atoms with Crippen molar-refractivity contribution in [1.82, 2.24) is 20.9 Å². The summed E-state index contributed by atoms with van der Waals surface area (Å²) in [5.74, 6) is 1.57. The number of hydrogen-bond acceptors (Lipinski definition) is 4. The van der Waals surface area contributed by atoms with Crippen LogP contribution in [0.25, 0.3) is 0 Å². The highest BCUT2D eigenvalue weighted by Gasteiger charge is 2.24. The molecule has 180 valence electrons. The molecule has 8 heteroatoms. The fraction of sp³-hybridized carbons (Fsp3) is 0.667. The van der Waals surface area contributed by atoms with Crippen molar-refractivity contribution in [2.75, 3.05) is 39.8 Å². The van der Waals surface area contributed by atoms with Gasteiger partial charge < -0.3 is 20.7 Å². The highest BCUT2D eigenvalue weighted by Crippen LogP contribution is 2.27. The highest BCUT2D eigenvalue weighted by molar-refractivity contribution is 14.0. The molecule has 0 radical (unpaired) electrons. The number of ether oxygens (including phenoxy) is 1. The molecule has 1 saturated heterocycles. The number of hydrogen-bond donors (Lipinski definition) is 3. The smallest absolute Gasteiger partial charge is 0.242 e. The number of halogens is 1. The lowest BCUT2D eigenvalue weighted by atomic mass is 9.95. The van der Waals surface area contributed by atoms with Crippen LogP contribution in [0.1, 0.15) is 63.5 Å². The first kappa shape index (κ1) is 26.7. The maximum atomic E-state index is 12.4. The number of likely N-dealkylation sites (tertiary alicyclic amines) is 1. The van der Waals surface area contributed by atoms with E-state index in [2.05, 4.69) is 38.0 Å². The van der Waals surface area contributed by atoms with Crippen molar-refractivity contribution in [2.45, 2.75) is 64.0 Å². The lowest BCUT2D eigenvalue weighted by Crippen LogP contribution is -2.43. The quantitative estimate of drug-likeness (QED) is 0.246. The molecule has 32 heavy (non-hydrogen) atoms. The highest BCUT2D eigenvalue weighted by atomic mass is 127. The van der Waals surface area contributed by atoms with Crippen molar-refractivity contribution in [3.63, 3.8) is 0 Å². The zero-order chi connectivity index (χ0) is 21.9. The van der Waals surface area contributed by atoms with Crippen LogP contribution in [0.3, 0.4) is 0 Å². The van der Waals surface area contributed by atoms with E-state index >= 15 is 0 Å². The Labute approximate surface area is 210 Å². The van der Waals surface area contributed by atoms with E-state index in [-0.39, 0.29) is 42.5 Å². The maximum absolute atomic E-state index is 12.4. The summed E-state index contributed by atoms with van der Waals surface area (Å²) in [7, 11) is 1.70. The number of rotatable bonds is 9. The van der Waals surface area contributed by atoms with Crippen molar-refractivity contribution in [2.24, 2.45) is 4.99 Å². The van der Waals surface area contributed by atoms with E-state index in [1.165, 1.54) is 37.7 Å². The largest absolute Gasteiger partial charge is 0.497 e. The Bertz CT molecular complexity index is 718. The monoisotopic (exact) mass is 557 g/mol. The molecule has 2 fully saturated rings. The Morgan fingerprint density at radius 2 is 1.91 bits per heavy atom. The van der Waals surface area contributed by atoms with Gasteiger partial charge in [0.2, 0.25) is 5.91 Å². The van der Waals surface area contributed by atoms with Crippen LogP contribution in [-0.4, -0.2) is 62.6 Å². The number of nitrogens with zero attached hydrogens (tertiary/aromatic N) is 2. The number of guanidine groups is 1. The summed E-state index contributed by atoms with van der Waals surface area (Å²) < 4.78 is 5.44. The van der Waals surface area contributed by atoms with Gasteiger partial charge in [0.1, 0.15) is 12.3 Å². The molecule has 1 atom stereocenters. The Balaban J connectivity index is 0.00000363. The fourth-order valence-electron chi connectivity index (χ4n) is 4.57. The van der Waals surface area contributed by atoms with Gasteiger partial charge in [-0.1, -0.05) is 31.4 Å². The van der Waals surface area contributed by atoms with Crippen LogP contribution < -0.4 is 20.7 Å². The van der Waals surface area contributed by atoms with E-state index in [9.17, 15) is 4.79 Å². The standard InChI is InChI=1S/C24H39N5O2.HI/c1-3-25-24(27-18-23(30)28-20-11-5-4-6-12-20)26-17-22(29-14-7-8-15-29)19-10-9-13-21(16-19)31-2;/h9-10,13,16,20,22H,3-8,11-12,14-15,17-18H2,1-2H3,(H,28,30)(H2,25,26,27);1H. The first-order chi connectivity index (χ1) is 15.2. The lowest BCUT2D eigenvalue weighted by Gasteiger charge is -2.29. The van der Waals surface area contributed by atoms with Gasteiger partial charge in [-0.25, -0.2) is 4.99 Å². The topological polar surface area (TPSA) is 78.0 Å². The molecule has 7 nitrogen and oxygen atoms in total. The number of aliphatic imine (C=N–C) groups is 1. The molecule has 0 spiro atoms. The SMILES string of the molecule is CCNC(=NCC(=O)NC1CCCCC1)NCC(c1cccc(OC)c1)N1CCCC1.I. The molecular formula is C24H40IN5O2. The summed E-state index contributed by atoms with van der Waals surface area (Å²) in [5.41, 5.74) is 1.24. The average molecular weight is 558 g/mol. The molecule has 2 aliphatic rings. The molecule has 3 N–H and O–H groups in total. The molecular weight excluding hydrogens is 517 g/mol.